The van der Waals surface area contributed by atoms with Crippen LogP contribution in [0.1, 0.15) is 39.5 Å². The Morgan fingerprint density at radius 1 is 1.35 bits per heavy atom. The number of carboxylic acid groups (broad SMARTS) is 1. The quantitative estimate of drug-likeness (QED) is 0.532. The van der Waals surface area contributed by atoms with Crippen molar-refractivity contribution in [1.29, 1.82) is 0 Å². The Morgan fingerprint density at radius 2 is 2.05 bits per heavy atom. The second-order valence-electron chi connectivity index (χ2n) is 5.72. The van der Waals surface area contributed by atoms with Gasteiger partial charge in [-0.05, 0) is 31.1 Å². The van der Waals surface area contributed by atoms with Crippen LogP contribution >= 0.6 is 0 Å². The predicted molar refractivity (Wildman–Crippen MR) is 75.6 cm³/mol. The molecule has 0 radical (unpaired) electrons. The third kappa shape index (κ3) is 7.99. The first kappa shape index (κ1) is 16.8. The van der Waals surface area contributed by atoms with Crippen LogP contribution in [0.5, 0.6) is 0 Å². The molecule has 1 aliphatic carbocycles. The summed E-state index contributed by atoms with van der Waals surface area (Å²) in [6.07, 6.45) is 3.27. The molecule has 0 aliphatic heterocycles. The minimum Gasteiger partial charge on any atom is -0.481 e. The zero-order chi connectivity index (χ0) is 15.0. The van der Waals surface area contributed by atoms with Crippen LogP contribution in [0.2, 0.25) is 0 Å². The molecule has 1 rings (SSSR count). The van der Waals surface area contributed by atoms with Gasteiger partial charge in [0.05, 0.1) is 6.42 Å². The lowest BCUT2D eigenvalue weighted by Gasteiger charge is -2.20. The molecule has 1 fully saturated rings. The fourth-order valence-electron chi connectivity index (χ4n) is 1.77. The Kier molecular flexibility index (Phi) is 7.36. The lowest BCUT2D eigenvalue weighted by Crippen LogP contribution is -2.45. The largest absolute Gasteiger partial charge is 0.481 e. The lowest BCUT2D eigenvalue weighted by atomic mass is 10.0. The number of aliphatic carboxylic acids is 1. The molecule has 1 saturated carbocycles. The smallest absolute Gasteiger partial charge is 0.315 e. The topological polar surface area (TPSA) is 87.7 Å². The van der Waals surface area contributed by atoms with E-state index in [4.69, 9.17) is 9.84 Å². The summed E-state index contributed by atoms with van der Waals surface area (Å²) in [4.78, 5) is 22.3. The highest BCUT2D eigenvalue weighted by Crippen LogP contribution is 2.28. The summed E-state index contributed by atoms with van der Waals surface area (Å²) in [5, 5.41) is 14.2. The van der Waals surface area contributed by atoms with E-state index in [1.807, 2.05) is 13.8 Å². The van der Waals surface area contributed by atoms with Crippen LogP contribution in [0, 0.1) is 11.8 Å². The molecule has 6 heteroatoms. The summed E-state index contributed by atoms with van der Waals surface area (Å²) >= 11 is 0. The van der Waals surface area contributed by atoms with Crippen molar-refractivity contribution in [3.63, 3.8) is 0 Å². The predicted octanol–water partition coefficient (Wildman–Crippen LogP) is 1.60. The van der Waals surface area contributed by atoms with Gasteiger partial charge < -0.3 is 20.5 Å². The molecule has 0 aromatic heterocycles. The van der Waals surface area contributed by atoms with Crippen LogP contribution in [-0.2, 0) is 9.53 Å². The van der Waals surface area contributed by atoms with E-state index in [1.165, 1.54) is 12.8 Å². The van der Waals surface area contributed by atoms with Gasteiger partial charge in [0.25, 0.3) is 0 Å². The van der Waals surface area contributed by atoms with Crippen molar-refractivity contribution < 1.29 is 19.4 Å². The Morgan fingerprint density at radius 3 is 2.60 bits per heavy atom. The number of rotatable bonds is 10. The maximum Gasteiger partial charge on any atom is 0.315 e. The van der Waals surface area contributed by atoms with Crippen molar-refractivity contribution in [3.05, 3.63) is 0 Å². The van der Waals surface area contributed by atoms with Crippen LogP contribution < -0.4 is 10.6 Å². The normalized spacial score (nSPS) is 15.9. The SMILES string of the molecule is CC(C)C(CC(=O)O)NC(=O)NCCCOCC1CC1. The molecule has 0 saturated heterocycles. The van der Waals surface area contributed by atoms with Crippen molar-refractivity contribution in [2.45, 2.75) is 45.6 Å². The summed E-state index contributed by atoms with van der Waals surface area (Å²) in [5.41, 5.74) is 0. The van der Waals surface area contributed by atoms with Crippen molar-refractivity contribution in [1.82, 2.24) is 10.6 Å². The average Bonchev–Trinajstić information content (AvgIpc) is 3.16. The molecule has 0 spiro atoms. The van der Waals surface area contributed by atoms with E-state index < -0.39 is 5.97 Å². The maximum atomic E-state index is 11.6. The second kappa shape index (κ2) is 8.79. The molecule has 1 aliphatic rings. The summed E-state index contributed by atoms with van der Waals surface area (Å²) in [7, 11) is 0. The number of carbonyl (C=O) groups is 2. The van der Waals surface area contributed by atoms with Gasteiger partial charge in [0.15, 0.2) is 0 Å². The molecule has 0 aromatic carbocycles. The Bertz CT molecular complexity index is 316. The highest BCUT2D eigenvalue weighted by atomic mass is 16.5. The molecule has 1 atom stereocenters. The van der Waals surface area contributed by atoms with Gasteiger partial charge in [-0.2, -0.15) is 0 Å². The zero-order valence-corrected chi connectivity index (χ0v) is 12.4. The van der Waals surface area contributed by atoms with Crippen molar-refractivity contribution in [3.8, 4) is 0 Å². The Labute approximate surface area is 120 Å². The molecular formula is C14H26N2O4. The number of ether oxygens (including phenoxy) is 1. The van der Waals surface area contributed by atoms with Gasteiger partial charge >= 0.3 is 12.0 Å². The number of amides is 2. The Balaban J connectivity index is 2.05. The van der Waals surface area contributed by atoms with Crippen LogP contribution in [0.3, 0.4) is 0 Å². The van der Waals surface area contributed by atoms with E-state index in [2.05, 4.69) is 10.6 Å². The van der Waals surface area contributed by atoms with E-state index >= 15 is 0 Å². The number of carbonyl (C=O) groups excluding carboxylic acids is 1. The van der Waals surface area contributed by atoms with E-state index in [9.17, 15) is 9.59 Å². The molecule has 6 nitrogen and oxygen atoms in total. The van der Waals surface area contributed by atoms with Crippen LogP contribution in [-0.4, -0.2) is 42.9 Å². The van der Waals surface area contributed by atoms with Crippen LogP contribution in [0.25, 0.3) is 0 Å². The molecular weight excluding hydrogens is 260 g/mol. The first-order valence-corrected chi connectivity index (χ1v) is 7.33. The van der Waals surface area contributed by atoms with E-state index in [0.29, 0.717) is 13.2 Å². The number of carboxylic acids is 1. The molecule has 3 N–H and O–H groups in total. The Hall–Kier alpha value is -1.30. The summed E-state index contributed by atoms with van der Waals surface area (Å²) in [5.74, 6) is -0.0646. The van der Waals surface area contributed by atoms with Gasteiger partial charge in [0, 0.05) is 25.8 Å². The van der Waals surface area contributed by atoms with Crippen LogP contribution in [0.4, 0.5) is 4.79 Å². The maximum absolute atomic E-state index is 11.6. The third-order valence-electron chi connectivity index (χ3n) is 3.32. The monoisotopic (exact) mass is 286 g/mol. The van der Waals surface area contributed by atoms with Gasteiger partial charge in [-0.25, -0.2) is 4.79 Å². The summed E-state index contributed by atoms with van der Waals surface area (Å²) in [6, 6.07) is -0.661. The number of urea groups is 1. The fourth-order valence-corrected chi connectivity index (χ4v) is 1.77. The minimum atomic E-state index is -0.905. The van der Waals surface area contributed by atoms with Gasteiger partial charge in [0.1, 0.15) is 0 Å². The highest BCUT2D eigenvalue weighted by molar-refractivity contribution is 5.75. The van der Waals surface area contributed by atoms with E-state index in [1.54, 1.807) is 0 Å². The highest BCUT2D eigenvalue weighted by Gasteiger charge is 2.21. The molecule has 116 valence electrons. The van der Waals surface area contributed by atoms with Gasteiger partial charge in [-0.1, -0.05) is 13.8 Å². The lowest BCUT2D eigenvalue weighted by molar-refractivity contribution is -0.137. The molecule has 20 heavy (non-hydrogen) atoms. The van der Waals surface area contributed by atoms with E-state index in [-0.39, 0.29) is 24.4 Å². The molecule has 0 bridgehead atoms. The van der Waals surface area contributed by atoms with Crippen LogP contribution in [0.15, 0.2) is 0 Å². The number of nitrogens with one attached hydrogen (secondary N) is 2. The first-order chi connectivity index (χ1) is 9.49. The third-order valence-corrected chi connectivity index (χ3v) is 3.32. The van der Waals surface area contributed by atoms with Crippen molar-refractivity contribution >= 4 is 12.0 Å². The van der Waals surface area contributed by atoms with Crippen molar-refractivity contribution in [2.24, 2.45) is 11.8 Å². The van der Waals surface area contributed by atoms with Gasteiger partial charge in [0.2, 0.25) is 0 Å². The number of hydrogen-bond donors (Lipinski definition) is 3. The molecule has 2 amide bonds. The minimum absolute atomic E-state index is 0.0599. The second-order valence-corrected chi connectivity index (χ2v) is 5.72. The average molecular weight is 286 g/mol. The van der Waals surface area contributed by atoms with Gasteiger partial charge in [-0.3, -0.25) is 4.79 Å². The fraction of sp³-hybridized carbons (Fsp3) is 0.857. The first-order valence-electron chi connectivity index (χ1n) is 7.33. The summed E-state index contributed by atoms with van der Waals surface area (Å²) < 4.78 is 5.46. The summed E-state index contributed by atoms with van der Waals surface area (Å²) in [6.45, 7) is 5.80. The van der Waals surface area contributed by atoms with E-state index in [0.717, 1.165) is 18.9 Å². The van der Waals surface area contributed by atoms with Crippen molar-refractivity contribution in [2.75, 3.05) is 19.8 Å². The standard InChI is InChI=1S/C14H26N2O4/c1-10(2)12(8-13(17)18)16-14(19)15-6-3-7-20-9-11-4-5-11/h10-12H,3-9H2,1-2H3,(H,17,18)(H2,15,16,19). The molecule has 1 unspecified atom stereocenters. The molecule has 0 aromatic rings. The van der Waals surface area contributed by atoms with Gasteiger partial charge in [-0.15, -0.1) is 0 Å². The number of hydrogen-bond acceptors (Lipinski definition) is 3. The molecule has 0 heterocycles. The zero-order valence-electron chi connectivity index (χ0n) is 12.4.